The molecule has 0 spiro atoms. The molecule has 1 aromatic heterocycles. The lowest BCUT2D eigenvalue weighted by Gasteiger charge is -2.13. The Morgan fingerprint density at radius 2 is 2.10 bits per heavy atom. The van der Waals surface area contributed by atoms with Crippen LogP contribution in [-0.2, 0) is 16.1 Å². The number of aryl methyl sites for hydroxylation is 1. The summed E-state index contributed by atoms with van der Waals surface area (Å²) in [7, 11) is 4.60. The van der Waals surface area contributed by atoms with Crippen molar-refractivity contribution in [1.29, 1.82) is 5.26 Å². The van der Waals surface area contributed by atoms with Crippen LogP contribution in [0, 0.1) is 18.3 Å². The van der Waals surface area contributed by atoms with Crippen molar-refractivity contribution >= 4 is 28.1 Å². The minimum Gasteiger partial charge on any atom is -0.497 e. The van der Waals surface area contributed by atoms with Crippen molar-refractivity contribution in [2.45, 2.75) is 13.5 Å². The molecule has 0 aliphatic carbocycles. The van der Waals surface area contributed by atoms with E-state index in [1.807, 2.05) is 6.07 Å². The normalized spacial score (nSPS) is 10.5. The Bertz CT molecular complexity index is 988. The molecule has 0 atom stereocenters. The SMILES string of the molecule is COCc1c(Br)c(C)nc(OCC(=O)N/N=C/c2ccc(OC)cc2OC)c1C#N. The molecule has 0 aliphatic rings. The number of carbonyl (C=O) groups is 1. The Labute approximate surface area is 182 Å². The summed E-state index contributed by atoms with van der Waals surface area (Å²) >= 11 is 3.40. The third kappa shape index (κ3) is 5.68. The summed E-state index contributed by atoms with van der Waals surface area (Å²) < 4.78 is 21.7. The molecule has 1 amide bonds. The lowest BCUT2D eigenvalue weighted by Crippen LogP contribution is -2.25. The molecule has 9 nitrogen and oxygen atoms in total. The Kier molecular flexibility index (Phi) is 8.58. The number of halogens is 1. The zero-order valence-corrected chi connectivity index (χ0v) is 18.6. The van der Waals surface area contributed by atoms with Gasteiger partial charge in [0.05, 0.1) is 32.7 Å². The van der Waals surface area contributed by atoms with E-state index in [2.05, 4.69) is 31.4 Å². The van der Waals surface area contributed by atoms with E-state index in [1.165, 1.54) is 20.4 Å². The van der Waals surface area contributed by atoms with Gasteiger partial charge in [-0.3, -0.25) is 4.79 Å². The first-order chi connectivity index (χ1) is 14.4. The number of nitriles is 1. The summed E-state index contributed by atoms with van der Waals surface area (Å²) in [6, 6.07) is 7.24. The van der Waals surface area contributed by atoms with Gasteiger partial charge in [-0.15, -0.1) is 0 Å². The molecule has 0 fully saturated rings. The number of pyridine rings is 1. The number of hydrogen-bond donors (Lipinski definition) is 1. The second-order valence-electron chi connectivity index (χ2n) is 5.90. The number of rotatable bonds is 9. The van der Waals surface area contributed by atoms with Crippen molar-refractivity contribution in [3.8, 4) is 23.4 Å². The van der Waals surface area contributed by atoms with E-state index >= 15 is 0 Å². The molecule has 0 saturated carbocycles. The molecule has 0 unspecified atom stereocenters. The van der Waals surface area contributed by atoms with E-state index in [4.69, 9.17) is 18.9 Å². The van der Waals surface area contributed by atoms with Crippen molar-refractivity contribution in [3.05, 3.63) is 45.1 Å². The smallest absolute Gasteiger partial charge is 0.278 e. The highest BCUT2D eigenvalue weighted by molar-refractivity contribution is 9.10. The van der Waals surface area contributed by atoms with E-state index in [0.29, 0.717) is 32.8 Å². The molecule has 2 rings (SSSR count). The second kappa shape index (κ2) is 11.1. The highest BCUT2D eigenvalue weighted by Gasteiger charge is 2.18. The standard InChI is InChI=1S/C20H21BrN4O5/c1-12-19(21)16(10-27-2)15(8-22)20(24-12)30-11-18(26)25-23-9-13-5-6-14(28-3)7-17(13)29-4/h5-7,9H,10-11H2,1-4H3,(H,25,26)/b23-9+. The van der Waals surface area contributed by atoms with Crippen molar-refractivity contribution in [1.82, 2.24) is 10.4 Å². The number of nitrogens with zero attached hydrogens (tertiary/aromatic N) is 3. The van der Waals surface area contributed by atoms with Gasteiger partial charge in [-0.05, 0) is 35.0 Å². The molecule has 0 aliphatic heterocycles. The number of aromatic nitrogens is 1. The molecule has 2 aromatic rings. The minimum atomic E-state index is -0.515. The molecule has 10 heteroatoms. The van der Waals surface area contributed by atoms with Crippen molar-refractivity contribution < 1.29 is 23.7 Å². The highest BCUT2D eigenvalue weighted by Crippen LogP contribution is 2.30. The van der Waals surface area contributed by atoms with Gasteiger partial charge in [-0.1, -0.05) is 0 Å². The van der Waals surface area contributed by atoms with Gasteiger partial charge in [-0.2, -0.15) is 10.4 Å². The van der Waals surface area contributed by atoms with E-state index in [0.717, 1.165) is 0 Å². The van der Waals surface area contributed by atoms with Gasteiger partial charge in [0.2, 0.25) is 5.88 Å². The van der Waals surface area contributed by atoms with Gasteiger partial charge >= 0.3 is 0 Å². The Hall–Kier alpha value is -3.16. The Balaban J connectivity index is 2.05. The van der Waals surface area contributed by atoms with Gasteiger partial charge in [0.1, 0.15) is 23.1 Å². The van der Waals surface area contributed by atoms with Crippen molar-refractivity contribution in [2.75, 3.05) is 27.9 Å². The molecule has 158 valence electrons. The third-order valence-corrected chi connectivity index (χ3v) is 4.99. The molecular formula is C20H21BrN4O5. The van der Waals surface area contributed by atoms with Crippen molar-refractivity contribution in [3.63, 3.8) is 0 Å². The van der Waals surface area contributed by atoms with Crippen molar-refractivity contribution in [2.24, 2.45) is 5.10 Å². The minimum absolute atomic E-state index is 0.0567. The zero-order chi connectivity index (χ0) is 22.1. The predicted molar refractivity (Wildman–Crippen MR) is 113 cm³/mol. The second-order valence-corrected chi connectivity index (χ2v) is 6.70. The van der Waals surface area contributed by atoms with Crippen LogP contribution < -0.4 is 19.6 Å². The van der Waals surface area contributed by atoms with Crippen LogP contribution in [0.4, 0.5) is 0 Å². The van der Waals surface area contributed by atoms with Gasteiger partial charge in [0.15, 0.2) is 6.61 Å². The molecule has 0 bridgehead atoms. The fraction of sp³-hybridized carbons (Fsp3) is 0.300. The lowest BCUT2D eigenvalue weighted by atomic mass is 10.1. The van der Waals surface area contributed by atoms with Crippen LogP contribution in [0.2, 0.25) is 0 Å². The summed E-state index contributed by atoms with van der Waals surface area (Å²) in [6.45, 7) is 1.58. The number of hydrazone groups is 1. The van der Waals surface area contributed by atoms with Gasteiger partial charge in [0, 0.05) is 28.8 Å². The number of hydrogen-bond acceptors (Lipinski definition) is 8. The third-order valence-electron chi connectivity index (χ3n) is 3.94. The quantitative estimate of drug-likeness (QED) is 0.436. The number of carbonyl (C=O) groups excluding carboxylic acids is 1. The Morgan fingerprint density at radius 1 is 1.33 bits per heavy atom. The van der Waals surface area contributed by atoms with Crippen LogP contribution >= 0.6 is 15.9 Å². The number of methoxy groups -OCH3 is 3. The van der Waals surface area contributed by atoms with Crippen LogP contribution in [0.25, 0.3) is 0 Å². The van der Waals surface area contributed by atoms with Crippen LogP contribution in [-0.4, -0.2) is 45.0 Å². The average Bonchev–Trinajstić information content (AvgIpc) is 2.75. The molecule has 0 radical (unpaired) electrons. The predicted octanol–water partition coefficient (Wildman–Crippen LogP) is 2.72. The summed E-state index contributed by atoms with van der Waals surface area (Å²) in [5.74, 6) is 0.724. The van der Waals surface area contributed by atoms with Gasteiger partial charge in [-0.25, -0.2) is 10.4 Å². The van der Waals surface area contributed by atoms with Gasteiger partial charge < -0.3 is 18.9 Å². The monoisotopic (exact) mass is 476 g/mol. The van der Waals surface area contributed by atoms with Crippen LogP contribution in [0.5, 0.6) is 17.4 Å². The maximum absolute atomic E-state index is 12.1. The fourth-order valence-electron chi connectivity index (χ4n) is 2.48. The number of amides is 1. The Morgan fingerprint density at radius 3 is 2.73 bits per heavy atom. The molecule has 0 saturated heterocycles. The molecule has 30 heavy (non-hydrogen) atoms. The maximum Gasteiger partial charge on any atom is 0.278 e. The first-order valence-electron chi connectivity index (χ1n) is 8.69. The summed E-state index contributed by atoms with van der Waals surface area (Å²) in [5, 5.41) is 13.4. The zero-order valence-electron chi connectivity index (χ0n) is 17.0. The van der Waals surface area contributed by atoms with Crippen LogP contribution in [0.15, 0.2) is 27.8 Å². The average molecular weight is 477 g/mol. The molecule has 1 N–H and O–H groups in total. The van der Waals surface area contributed by atoms with E-state index < -0.39 is 5.91 Å². The first kappa shape index (κ1) is 23.1. The summed E-state index contributed by atoms with van der Waals surface area (Å²) in [6.07, 6.45) is 1.44. The fourth-order valence-corrected chi connectivity index (χ4v) is 2.88. The number of ether oxygens (including phenoxy) is 4. The topological polar surface area (TPSA) is 115 Å². The largest absolute Gasteiger partial charge is 0.497 e. The van der Waals surface area contributed by atoms with E-state index in [-0.39, 0.29) is 24.7 Å². The summed E-state index contributed by atoms with van der Waals surface area (Å²) in [4.78, 5) is 16.3. The maximum atomic E-state index is 12.1. The first-order valence-corrected chi connectivity index (χ1v) is 9.49. The van der Waals surface area contributed by atoms with Crippen LogP contribution in [0.1, 0.15) is 22.4 Å². The highest BCUT2D eigenvalue weighted by atomic mass is 79.9. The number of nitrogens with one attached hydrogen (secondary N) is 1. The van der Waals surface area contributed by atoms with Crippen LogP contribution in [0.3, 0.4) is 0 Å². The number of benzene rings is 1. The van der Waals surface area contributed by atoms with E-state index in [9.17, 15) is 10.1 Å². The van der Waals surface area contributed by atoms with E-state index in [1.54, 1.807) is 32.2 Å². The molecule has 1 heterocycles. The molecule has 1 aromatic carbocycles. The molecular weight excluding hydrogens is 456 g/mol. The summed E-state index contributed by atoms with van der Waals surface area (Å²) in [5.41, 5.74) is 4.43. The lowest BCUT2D eigenvalue weighted by molar-refractivity contribution is -0.123. The van der Waals surface area contributed by atoms with Gasteiger partial charge in [0.25, 0.3) is 5.91 Å².